The molecule has 3 fully saturated rings. The van der Waals surface area contributed by atoms with Crippen molar-refractivity contribution in [3.05, 3.63) is 0 Å². The second-order valence-electron chi connectivity index (χ2n) is 12.3. The summed E-state index contributed by atoms with van der Waals surface area (Å²) in [5.41, 5.74) is 0. The van der Waals surface area contributed by atoms with Gasteiger partial charge in [0.25, 0.3) is 0 Å². The van der Waals surface area contributed by atoms with Crippen LogP contribution in [0.25, 0.3) is 0 Å². The number of aliphatic hydroxyl groups excluding tert-OH is 1. The van der Waals surface area contributed by atoms with E-state index in [2.05, 4.69) is 46.4 Å². The van der Waals surface area contributed by atoms with Crippen LogP contribution in [-0.4, -0.2) is 67.3 Å². The maximum atomic E-state index is 14.5. The summed E-state index contributed by atoms with van der Waals surface area (Å²) in [5, 5.41) is 11.0. The third kappa shape index (κ3) is 8.28. The van der Waals surface area contributed by atoms with E-state index < -0.39 is 13.7 Å². The smallest absolute Gasteiger partial charge is 0.333 e. The number of hydrogen-bond acceptors (Lipinski definition) is 6. The summed E-state index contributed by atoms with van der Waals surface area (Å²) in [7, 11) is -3.50. The molecular weight excluding hydrogens is 449 g/mol. The number of aliphatic hydroxyl groups is 1. The van der Waals surface area contributed by atoms with Crippen LogP contribution in [0, 0.1) is 35.5 Å². The SMILES string of the molecule is CC1CCC(C(C)C)C(OP(=O)(CC(O)CN2CCOCC2)OC2CC(C)CCC2C(C)C)C1. The quantitative estimate of drug-likeness (QED) is 0.380. The molecule has 0 radical (unpaired) electrons. The average molecular weight is 502 g/mol. The Morgan fingerprint density at radius 2 is 1.35 bits per heavy atom. The Bertz CT molecular complexity index is 615. The van der Waals surface area contributed by atoms with Crippen LogP contribution in [0.3, 0.4) is 0 Å². The van der Waals surface area contributed by atoms with Crippen molar-refractivity contribution < 1.29 is 23.5 Å². The fourth-order valence-electron chi connectivity index (χ4n) is 6.39. The van der Waals surface area contributed by atoms with E-state index >= 15 is 0 Å². The minimum absolute atomic E-state index is 0.0660. The number of nitrogens with zero attached hydrogens (tertiary/aromatic N) is 1. The van der Waals surface area contributed by atoms with Gasteiger partial charge >= 0.3 is 7.60 Å². The first kappa shape index (κ1) is 28.6. The van der Waals surface area contributed by atoms with Gasteiger partial charge in [0.1, 0.15) is 0 Å². The monoisotopic (exact) mass is 501 g/mol. The maximum absolute atomic E-state index is 14.5. The zero-order valence-corrected chi connectivity index (χ0v) is 23.6. The van der Waals surface area contributed by atoms with Gasteiger partial charge in [-0.3, -0.25) is 9.46 Å². The molecule has 7 unspecified atom stereocenters. The molecule has 6 nitrogen and oxygen atoms in total. The summed E-state index contributed by atoms with van der Waals surface area (Å²) in [6.45, 7) is 17.0. The summed E-state index contributed by atoms with van der Waals surface area (Å²) >= 11 is 0. The zero-order valence-electron chi connectivity index (χ0n) is 22.7. The van der Waals surface area contributed by atoms with Gasteiger partial charge in [0.05, 0.1) is 37.7 Å². The highest BCUT2D eigenvalue weighted by Gasteiger charge is 2.43. The molecule has 1 heterocycles. The second kappa shape index (κ2) is 13.0. The molecule has 1 N–H and O–H groups in total. The molecule has 2 saturated carbocycles. The molecule has 7 heteroatoms. The van der Waals surface area contributed by atoms with Crippen LogP contribution in [-0.2, 0) is 18.3 Å². The highest BCUT2D eigenvalue weighted by atomic mass is 31.2. The fraction of sp³-hybridized carbons (Fsp3) is 1.00. The van der Waals surface area contributed by atoms with E-state index in [1.807, 2.05) is 0 Å². The van der Waals surface area contributed by atoms with Crippen molar-refractivity contribution in [2.75, 3.05) is 39.0 Å². The summed E-state index contributed by atoms with van der Waals surface area (Å²) in [5.74, 6) is 2.84. The van der Waals surface area contributed by atoms with Crippen LogP contribution in [0.15, 0.2) is 0 Å². The van der Waals surface area contributed by atoms with Crippen molar-refractivity contribution in [1.82, 2.24) is 4.90 Å². The molecule has 3 rings (SSSR count). The van der Waals surface area contributed by atoms with Crippen LogP contribution in [0.4, 0.5) is 0 Å². The fourth-order valence-corrected chi connectivity index (χ4v) is 8.56. The number of rotatable bonds is 10. The minimum atomic E-state index is -3.50. The minimum Gasteiger partial charge on any atom is -0.391 e. The van der Waals surface area contributed by atoms with Crippen molar-refractivity contribution in [2.45, 2.75) is 98.4 Å². The van der Waals surface area contributed by atoms with Crippen molar-refractivity contribution in [3.8, 4) is 0 Å². The third-order valence-electron chi connectivity index (χ3n) is 8.52. The first-order valence-electron chi connectivity index (χ1n) is 14.0. The predicted octanol–water partition coefficient (Wildman–Crippen LogP) is 5.83. The van der Waals surface area contributed by atoms with Crippen LogP contribution in [0.1, 0.15) is 80.1 Å². The molecule has 34 heavy (non-hydrogen) atoms. The molecule has 0 spiro atoms. The number of morpholine rings is 1. The normalized spacial score (nSPS) is 36.5. The molecule has 1 saturated heterocycles. The molecule has 0 aromatic heterocycles. The Morgan fingerprint density at radius 3 is 1.79 bits per heavy atom. The van der Waals surface area contributed by atoms with Crippen LogP contribution in [0.5, 0.6) is 0 Å². The Hall–Kier alpha value is 0.0300. The van der Waals surface area contributed by atoms with E-state index in [0.29, 0.717) is 55.3 Å². The van der Waals surface area contributed by atoms with Gasteiger partial charge in [-0.2, -0.15) is 0 Å². The molecule has 0 bridgehead atoms. The standard InChI is InChI=1S/C27H52NO5P/c1-19(2)24-9-7-21(5)15-26(24)32-34(30,18-23(29)17-28-11-13-31-14-12-28)33-27-16-22(6)8-10-25(27)20(3)4/h19-27,29H,7-18H2,1-6H3. The molecular formula is C27H52NO5P. The van der Waals surface area contributed by atoms with Crippen molar-refractivity contribution in [1.29, 1.82) is 0 Å². The van der Waals surface area contributed by atoms with E-state index in [-0.39, 0.29) is 18.4 Å². The Morgan fingerprint density at radius 1 is 0.882 bits per heavy atom. The summed E-state index contributed by atoms with van der Waals surface area (Å²) < 4.78 is 33.1. The maximum Gasteiger partial charge on any atom is 0.333 e. The van der Waals surface area contributed by atoms with Gasteiger partial charge in [-0.15, -0.1) is 0 Å². The van der Waals surface area contributed by atoms with Crippen LogP contribution in [0.2, 0.25) is 0 Å². The third-order valence-corrected chi connectivity index (χ3v) is 10.6. The first-order valence-corrected chi connectivity index (χ1v) is 15.7. The Labute approximate surface area is 209 Å². The number of ether oxygens (including phenoxy) is 1. The van der Waals surface area contributed by atoms with Gasteiger partial charge in [-0.05, 0) is 61.2 Å². The highest BCUT2D eigenvalue weighted by Crippen LogP contribution is 2.56. The van der Waals surface area contributed by atoms with Gasteiger partial charge in [-0.25, -0.2) is 0 Å². The molecule has 0 aromatic carbocycles. The molecule has 200 valence electrons. The van der Waals surface area contributed by atoms with E-state index in [9.17, 15) is 9.67 Å². The van der Waals surface area contributed by atoms with E-state index in [0.717, 1.165) is 38.8 Å². The van der Waals surface area contributed by atoms with Crippen LogP contribution < -0.4 is 0 Å². The lowest BCUT2D eigenvalue weighted by Crippen LogP contribution is -2.42. The topological polar surface area (TPSA) is 68.2 Å². The number of β-amino-alcohol motifs (C(OH)–C–C–N with tert-alkyl or cyclic N) is 1. The average Bonchev–Trinajstić information content (AvgIpc) is 2.73. The molecule has 2 aliphatic carbocycles. The summed E-state index contributed by atoms with van der Waals surface area (Å²) in [6, 6.07) is 0. The lowest BCUT2D eigenvalue weighted by Gasteiger charge is -2.42. The molecule has 3 aliphatic rings. The molecule has 0 amide bonds. The van der Waals surface area contributed by atoms with Gasteiger partial charge in [0, 0.05) is 19.6 Å². The molecule has 1 aliphatic heterocycles. The molecule has 0 aromatic rings. The van der Waals surface area contributed by atoms with E-state index in [4.69, 9.17) is 13.8 Å². The Balaban J connectivity index is 1.78. The van der Waals surface area contributed by atoms with Crippen molar-refractivity contribution in [3.63, 3.8) is 0 Å². The summed E-state index contributed by atoms with van der Waals surface area (Å²) in [4.78, 5) is 2.19. The van der Waals surface area contributed by atoms with Crippen molar-refractivity contribution >= 4 is 7.60 Å². The predicted molar refractivity (Wildman–Crippen MR) is 138 cm³/mol. The van der Waals surface area contributed by atoms with Gasteiger partial charge < -0.3 is 18.9 Å². The summed E-state index contributed by atoms with van der Waals surface area (Å²) in [6.07, 6.45) is 5.66. The zero-order chi connectivity index (χ0) is 24.9. The lowest BCUT2D eigenvalue weighted by atomic mass is 9.75. The molecule has 7 atom stereocenters. The van der Waals surface area contributed by atoms with E-state index in [1.165, 1.54) is 12.8 Å². The largest absolute Gasteiger partial charge is 0.391 e. The first-order chi connectivity index (χ1) is 16.1. The van der Waals surface area contributed by atoms with Crippen LogP contribution >= 0.6 is 7.60 Å². The van der Waals surface area contributed by atoms with Gasteiger partial charge in [0.2, 0.25) is 0 Å². The lowest BCUT2D eigenvalue weighted by molar-refractivity contribution is -0.00900. The van der Waals surface area contributed by atoms with E-state index in [1.54, 1.807) is 0 Å². The highest BCUT2D eigenvalue weighted by molar-refractivity contribution is 7.53. The van der Waals surface area contributed by atoms with Gasteiger partial charge in [-0.1, -0.05) is 54.4 Å². The Kier molecular flexibility index (Phi) is 10.9. The van der Waals surface area contributed by atoms with Crippen molar-refractivity contribution in [2.24, 2.45) is 35.5 Å². The van der Waals surface area contributed by atoms with Gasteiger partial charge in [0.15, 0.2) is 0 Å². The second-order valence-corrected chi connectivity index (χ2v) is 14.3. The number of hydrogen-bond donors (Lipinski definition) is 1.